The number of carbonyl (C=O) groups is 2. The maximum Gasteiger partial charge on any atom is 0.257 e. The molecule has 0 saturated carbocycles. The number of likely N-dealkylation sites (tertiary alicyclic amines) is 1. The number of hydrogen-bond donors (Lipinski definition) is 3. The maximum atomic E-state index is 13.1. The third-order valence-electron chi connectivity index (χ3n) is 6.62. The topological polar surface area (TPSA) is 199 Å². The Morgan fingerprint density at radius 3 is 1.74 bits per heavy atom. The van der Waals surface area contributed by atoms with Crippen LogP contribution in [0, 0.1) is 123 Å². The zero-order chi connectivity index (χ0) is 40.2. The second-order valence-electron chi connectivity index (χ2n) is 11.5. The molecule has 0 aliphatic carbocycles. The van der Waals surface area contributed by atoms with Crippen LogP contribution in [-0.4, -0.2) is 49.4 Å². The average molecular weight is 745 g/mol. The van der Waals surface area contributed by atoms with Crippen molar-refractivity contribution in [3.63, 3.8) is 0 Å². The van der Waals surface area contributed by atoms with Gasteiger partial charge in [0.05, 0.1) is 27.2 Å². The molecule has 1 saturated heterocycles. The van der Waals surface area contributed by atoms with Gasteiger partial charge in [-0.3, -0.25) is 15.4 Å². The first-order valence-electron chi connectivity index (χ1n) is 16.2. The Labute approximate surface area is 332 Å². The summed E-state index contributed by atoms with van der Waals surface area (Å²) in [5.74, 6) is 49.5. The molecular weight excluding hydrogens is 685 g/mol. The molecule has 3 heterocycles. The van der Waals surface area contributed by atoms with E-state index in [0.717, 1.165) is 29.9 Å². The van der Waals surface area contributed by atoms with Crippen molar-refractivity contribution in [2.75, 3.05) is 13.1 Å². The average Bonchev–Trinajstić information content (AvgIpc) is 3.60. The van der Waals surface area contributed by atoms with E-state index in [1.807, 2.05) is 10.6 Å². The molecule has 1 aliphatic heterocycles. The van der Waals surface area contributed by atoms with Crippen LogP contribution >= 0.6 is 0 Å². The van der Waals surface area contributed by atoms with Crippen LogP contribution in [0.3, 0.4) is 0 Å². The predicted molar refractivity (Wildman–Crippen MR) is 227 cm³/mol. The molecule has 5 N–H and O–H groups in total. The Hall–Kier alpha value is -7.80. The number of nitrogens with zero attached hydrogens (tertiary/aromatic N) is 7. The van der Waals surface area contributed by atoms with Gasteiger partial charge in [-0.2, -0.15) is 5.10 Å². The number of nitro groups is 1. The summed E-state index contributed by atoms with van der Waals surface area (Å²) in [6.07, 6.45) is 4.58. The van der Waals surface area contributed by atoms with Crippen molar-refractivity contribution in [2.24, 2.45) is 27.9 Å². The summed E-state index contributed by atoms with van der Waals surface area (Å²) in [6, 6.07) is 1.99. The van der Waals surface area contributed by atoms with Gasteiger partial charge in [-0.05, 0) is 128 Å². The summed E-state index contributed by atoms with van der Waals surface area (Å²) in [5, 5.41) is 18.3. The highest BCUT2D eigenvalue weighted by Crippen LogP contribution is 2.25. The van der Waals surface area contributed by atoms with Gasteiger partial charge in [-0.1, -0.05) is 46.0 Å². The Balaban J connectivity index is -0.0000000773. The lowest BCUT2D eigenvalue weighted by Crippen LogP contribution is -2.42. The molecule has 14 nitrogen and oxygen atoms in total. The molecule has 0 unspecified atom stereocenters. The summed E-state index contributed by atoms with van der Waals surface area (Å²) < 4.78 is 1.83. The third kappa shape index (κ3) is 17.2. The van der Waals surface area contributed by atoms with Crippen LogP contribution in [0.5, 0.6) is 0 Å². The Morgan fingerprint density at radius 2 is 1.39 bits per heavy atom. The fraction of sp³-hybridized carbons (Fsp3) is 0.350. The number of fused-ring (bicyclic) bond motifs is 1. The van der Waals surface area contributed by atoms with E-state index in [4.69, 9.17) is 10.8 Å². The molecular formula is C40H60N10O4. The molecule has 294 valence electrons. The van der Waals surface area contributed by atoms with Crippen molar-refractivity contribution in [3.8, 4) is 107 Å². The molecule has 14 heteroatoms. The van der Waals surface area contributed by atoms with Crippen molar-refractivity contribution >= 4 is 17.5 Å². The van der Waals surface area contributed by atoms with E-state index in [2.05, 4.69) is 156 Å². The Morgan fingerprint density at radius 1 is 0.926 bits per heavy atom. The number of aromatic nitrogens is 3. The van der Waals surface area contributed by atoms with Gasteiger partial charge in [-0.25, -0.2) is 9.50 Å². The molecule has 2 aromatic heterocycles. The van der Waals surface area contributed by atoms with E-state index in [1.54, 1.807) is 24.9 Å². The molecule has 0 aromatic carbocycles. The molecule has 0 atom stereocenters. The summed E-state index contributed by atoms with van der Waals surface area (Å²) in [7, 11) is 0. The quantitative estimate of drug-likeness (QED) is 0.119. The minimum atomic E-state index is -0.879. The van der Waals surface area contributed by atoms with Crippen LogP contribution in [0.4, 0.5) is 0 Å². The number of hydrazine groups is 1. The Kier molecular flexibility index (Phi) is 20.6. The number of amides is 2. The van der Waals surface area contributed by atoms with Gasteiger partial charge >= 0.3 is 0 Å². The lowest BCUT2D eigenvalue weighted by atomic mass is 9.93. The SMILES string of the molecule is CC#CC#CC#CC#CC#CC#CC#CC#CC#CC.CCCc1c(C(=O)N2CCC(C(N)=O)CC2)cnc2cc(C(C)(C)C)nn12.NN=NN[N+](=O)[O-].[HH].[HH].[HH].[HH].[HH].[HH].[HH].[HH].[HH].[HH].[HH]. The highest BCUT2D eigenvalue weighted by molar-refractivity contribution is 5.95. The van der Waals surface area contributed by atoms with E-state index < -0.39 is 5.03 Å². The fourth-order valence-corrected chi connectivity index (χ4v) is 4.17. The summed E-state index contributed by atoms with van der Waals surface area (Å²) in [6.45, 7) is 12.9. The van der Waals surface area contributed by atoms with Crippen LogP contribution in [0.25, 0.3) is 5.65 Å². The molecule has 0 bridgehead atoms. The first kappa shape index (κ1) is 44.2. The largest absolute Gasteiger partial charge is 0.369 e. The molecule has 2 amide bonds. The number of rotatable bonds is 6. The van der Waals surface area contributed by atoms with Crippen LogP contribution in [0.2, 0.25) is 0 Å². The third-order valence-corrected chi connectivity index (χ3v) is 6.62. The summed E-state index contributed by atoms with van der Waals surface area (Å²) in [4.78, 5) is 40.1. The molecule has 2 aromatic rings. The molecule has 1 aliphatic rings. The van der Waals surface area contributed by atoms with Crippen LogP contribution in [-0.2, 0) is 16.6 Å². The van der Waals surface area contributed by atoms with E-state index in [-0.39, 0.29) is 38.8 Å². The van der Waals surface area contributed by atoms with Crippen LogP contribution in [0.15, 0.2) is 22.7 Å². The monoisotopic (exact) mass is 744 g/mol. The van der Waals surface area contributed by atoms with Crippen molar-refractivity contribution < 1.29 is 30.3 Å². The predicted octanol–water partition coefficient (Wildman–Crippen LogP) is 5.09. The van der Waals surface area contributed by atoms with Crippen molar-refractivity contribution in [2.45, 2.75) is 72.6 Å². The van der Waals surface area contributed by atoms with Gasteiger partial charge in [0.25, 0.3) is 5.91 Å². The molecule has 3 rings (SSSR count). The highest BCUT2D eigenvalue weighted by atomic mass is 16.7. The minimum absolute atomic E-state index is 0. The van der Waals surface area contributed by atoms with E-state index in [0.29, 0.717) is 31.5 Å². The number of carbonyl (C=O) groups excluding carboxylic acids is 2. The normalized spacial score (nSPS) is 10.7. The second-order valence-corrected chi connectivity index (χ2v) is 11.5. The number of nitrogens with one attached hydrogen (secondary N) is 1. The van der Waals surface area contributed by atoms with Gasteiger partial charge < -0.3 is 20.7 Å². The molecule has 1 fully saturated rings. The zero-order valence-electron chi connectivity index (χ0n) is 30.9. The number of piperidine rings is 1. The maximum absolute atomic E-state index is 13.1. The van der Waals surface area contributed by atoms with Crippen molar-refractivity contribution in [1.82, 2.24) is 25.0 Å². The Bertz CT molecular complexity index is 2260. The molecule has 0 spiro atoms. The number of aryl methyl sites for hydroxylation is 1. The van der Waals surface area contributed by atoms with Crippen molar-refractivity contribution in [1.29, 1.82) is 0 Å². The summed E-state index contributed by atoms with van der Waals surface area (Å²) >= 11 is 0. The van der Waals surface area contributed by atoms with E-state index in [1.165, 1.54) is 5.53 Å². The zero-order valence-corrected chi connectivity index (χ0v) is 30.9. The van der Waals surface area contributed by atoms with Gasteiger partial charge in [0.15, 0.2) is 10.9 Å². The number of nitrogens with two attached hydrogens (primary N) is 2. The molecule has 54 heavy (non-hydrogen) atoms. The number of hydrogen-bond acceptors (Lipinski definition) is 8. The van der Waals surface area contributed by atoms with Gasteiger partial charge in [-0.15, -0.1) is 0 Å². The highest BCUT2D eigenvalue weighted by Gasteiger charge is 2.29. The van der Waals surface area contributed by atoms with Gasteiger partial charge in [0.2, 0.25) is 5.91 Å². The van der Waals surface area contributed by atoms with Crippen molar-refractivity contribution in [3.05, 3.63) is 39.3 Å². The first-order valence-corrected chi connectivity index (χ1v) is 16.2. The van der Waals surface area contributed by atoms with Gasteiger partial charge in [0, 0.05) is 57.9 Å². The van der Waals surface area contributed by atoms with E-state index >= 15 is 0 Å². The van der Waals surface area contributed by atoms with Crippen LogP contribution in [0.1, 0.15) is 98.2 Å². The second kappa shape index (κ2) is 25.2. The first-order chi connectivity index (χ1) is 25.9. The van der Waals surface area contributed by atoms with Crippen LogP contribution < -0.4 is 17.1 Å². The lowest BCUT2D eigenvalue weighted by molar-refractivity contribution is -0.546. The lowest BCUT2D eigenvalue weighted by Gasteiger charge is -2.31. The summed E-state index contributed by atoms with van der Waals surface area (Å²) in [5.41, 5.74) is 9.90. The smallest absolute Gasteiger partial charge is 0.257 e. The molecule has 0 radical (unpaired) electrons. The minimum Gasteiger partial charge on any atom is -0.369 e. The van der Waals surface area contributed by atoms with Gasteiger partial charge in [0.1, 0.15) is 0 Å². The fourth-order valence-electron chi connectivity index (χ4n) is 4.17. The number of primary amides is 1. The standard InChI is InChI=1S/C20H29N5O2.C20H6.H3N5O2.11H2/c1-5-6-15-14(19(27)24-9-7-13(8-10-24)18(21)26)12-22-17-11-16(20(2,3)4)23-25(15)17;1-3-5-7-9-11-13-15-17-19-20-18-16-14-12-10-8-6-4-2;1-2-3-4-5(6)7;;;;;;;;;;;/h11-13H,5-10H2,1-4H3,(H2,21,26);1-2H3;(H2,1,3)(H,2,4);11*1H. The van der Waals surface area contributed by atoms with E-state index in [9.17, 15) is 19.7 Å².